The molecule has 5 saturated carbocycles. The van der Waals surface area contributed by atoms with Crippen molar-refractivity contribution in [3.63, 3.8) is 0 Å². The van der Waals surface area contributed by atoms with E-state index in [-0.39, 0.29) is 11.8 Å². The summed E-state index contributed by atoms with van der Waals surface area (Å²) in [5.41, 5.74) is 0. The fourth-order valence-corrected chi connectivity index (χ4v) is 8.47. The lowest BCUT2D eigenvalue weighted by Gasteiger charge is -2.56. The van der Waals surface area contributed by atoms with Crippen LogP contribution in [0.15, 0.2) is 0 Å². The van der Waals surface area contributed by atoms with Gasteiger partial charge in [0.2, 0.25) is 0 Å². The summed E-state index contributed by atoms with van der Waals surface area (Å²) >= 11 is 7.26. The van der Waals surface area contributed by atoms with Crippen molar-refractivity contribution in [1.29, 1.82) is 0 Å². The molecule has 2 nitrogen and oxygen atoms in total. The second kappa shape index (κ2) is 1.82. The number of alkyl halides is 2. The first-order valence-electron chi connectivity index (χ1n) is 5.51. The predicted molar refractivity (Wildman–Crippen MR) is 58.9 cm³/mol. The van der Waals surface area contributed by atoms with E-state index in [0.717, 1.165) is 6.42 Å². The predicted octanol–water partition coefficient (Wildman–Crippen LogP) is 1.55. The van der Waals surface area contributed by atoms with Crippen LogP contribution in [0.25, 0.3) is 0 Å². The molecule has 0 aromatic carbocycles. The number of fused-ring (bicyclic) bond motifs is 2. The maximum absolute atomic E-state index is 12.3. The first-order chi connectivity index (χ1) is 7.04. The van der Waals surface area contributed by atoms with Gasteiger partial charge >= 0.3 is 0 Å². The van der Waals surface area contributed by atoms with Gasteiger partial charge < -0.3 is 0 Å². The molecule has 5 aliphatic rings. The van der Waals surface area contributed by atoms with Gasteiger partial charge in [-0.05, 0) is 30.1 Å². The summed E-state index contributed by atoms with van der Waals surface area (Å²) in [7, 11) is 0. The quantitative estimate of drug-likeness (QED) is 0.631. The van der Waals surface area contributed by atoms with Crippen LogP contribution in [-0.4, -0.2) is 20.2 Å². The van der Waals surface area contributed by atoms with Gasteiger partial charge in [-0.15, -0.1) is 0 Å². The second-order valence-electron chi connectivity index (χ2n) is 5.82. The van der Waals surface area contributed by atoms with Gasteiger partial charge in [-0.2, -0.15) is 0 Å². The molecule has 78 valence electrons. The van der Waals surface area contributed by atoms with Crippen molar-refractivity contribution in [1.82, 2.24) is 0 Å². The summed E-state index contributed by atoms with van der Waals surface area (Å²) in [6, 6.07) is 0. The smallest absolute Gasteiger partial charge is 0.155 e. The fraction of sp³-hybridized carbons (Fsp3) is 0.818. The standard InChI is InChI=1S/C11H8Br2O2/c12-10-6-2-1-3-5(4(2)8(10)14)9(15)11(10,13)7(3)6/h2-7H,1H2/t2-,3+,4-,5-,6+,7+,10+,11+/m0/s1. The lowest BCUT2D eigenvalue weighted by Crippen LogP contribution is -2.71. The Hall–Kier alpha value is 0.300. The van der Waals surface area contributed by atoms with E-state index in [1.54, 1.807) is 0 Å². The van der Waals surface area contributed by atoms with Crippen molar-refractivity contribution in [2.24, 2.45) is 35.5 Å². The molecule has 4 heteroatoms. The molecule has 0 spiro atoms. The summed E-state index contributed by atoms with van der Waals surface area (Å²) in [5.74, 6) is 2.78. The lowest BCUT2D eigenvalue weighted by molar-refractivity contribution is -0.139. The number of hydrogen-bond donors (Lipinski definition) is 0. The average Bonchev–Trinajstić information content (AvgIpc) is 2.79. The zero-order valence-electron chi connectivity index (χ0n) is 7.74. The molecular formula is C11H8Br2O2. The zero-order chi connectivity index (χ0) is 10.3. The first-order valence-corrected chi connectivity index (χ1v) is 7.09. The normalized spacial score (nSPS) is 75.9. The van der Waals surface area contributed by atoms with E-state index in [2.05, 4.69) is 31.9 Å². The topological polar surface area (TPSA) is 34.1 Å². The van der Waals surface area contributed by atoms with E-state index in [4.69, 9.17) is 0 Å². The van der Waals surface area contributed by atoms with Gasteiger partial charge in [0, 0.05) is 11.8 Å². The average molecular weight is 332 g/mol. The van der Waals surface area contributed by atoms with Crippen LogP contribution in [-0.2, 0) is 9.59 Å². The number of carbonyl (C=O) groups excluding carboxylic acids is 2. The van der Waals surface area contributed by atoms with Gasteiger partial charge in [0.15, 0.2) is 11.6 Å². The summed E-state index contributed by atoms with van der Waals surface area (Å²) in [4.78, 5) is 24.7. The molecule has 5 fully saturated rings. The Morgan fingerprint density at radius 1 is 0.933 bits per heavy atom. The number of Topliss-reactive ketones (excluding diaryl/α,β-unsaturated/α-hetero) is 2. The maximum Gasteiger partial charge on any atom is 0.155 e. The molecular weight excluding hydrogens is 324 g/mol. The Kier molecular flexibility index (Phi) is 1.02. The largest absolute Gasteiger partial charge is 0.298 e. The first kappa shape index (κ1) is 8.40. The number of hydrogen-bond acceptors (Lipinski definition) is 2. The van der Waals surface area contributed by atoms with Crippen molar-refractivity contribution in [2.45, 2.75) is 15.1 Å². The molecule has 0 aromatic heterocycles. The van der Waals surface area contributed by atoms with E-state index in [9.17, 15) is 9.59 Å². The molecule has 15 heavy (non-hydrogen) atoms. The highest BCUT2D eigenvalue weighted by Gasteiger charge is 2.95. The Morgan fingerprint density at radius 3 is 1.73 bits per heavy atom. The Balaban J connectivity index is 1.95. The van der Waals surface area contributed by atoms with Crippen LogP contribution in [0.3, 0.4) is 0 Å². The molecule has 0 N–H and O–H groups in total. The molecule has 8 atom stereocenters. The summed E-state index contributed by atoms with van der Waals surface area (Å²) in [6.07, 6.45) is 1.13. The van der Waals surface area contributed by atoms with Crippen LogP contribution >= 0.6 is 31.9 Å². The van der Waals surface area contributed by atoms with Gasteiger partial charge in [0.1, 0.15) is 8.65 Å². The van der Waals surface area contributed by atoms with E-state index >= 15 is 0 Å². The summed E-state index contributed by atoms with van der Waals surface area (Å²) in [5, 5.41) is 0. The van der Waals surface area contributed by atoms with Crippen molar-refractivity contribution in [2.75, 3.05) is 0 Å². The lowest BCUT2D eigenvalue weighted by atomic mass is 9.59. The highest BCUT2D eigenvalue weighted by Crippen LogP contribution is 2.87. The molecule has 5 rings (SSSR count). The maximum atomic E-state index is 12.3. The van der Waals surface area contributed by atoms with E-state index in [0.29, 0.717) is 35.2 Å². The monoisotopic (exact) mass is 330 g/mol. The number of carbonyl (C=O) groups is 2. The Morgan fingerprint density at radius 2 is 1.33 bits per heavy atom. The van der Waals surface area contributed by atoms with Gasteiger partial charge in [0.25, 0.3) is 0 Å². The highest BCUT2D eigenvalue weighted by molar-refractivity contribution is 9.13. The van der Waals surface area contributed by atoms with E-state index in [1.165, 1.54) is 0 Å². The minimum atomic E-state index is -0.515. The van der Waals surface area contributed by atoms with Crippen molar-refractivity contribution in [3.8, 4) is 0 Å². The molecule has 5 aliphatic carbocycles. The Bertz CT molecular complexity index is 433. The van der Waals surface area contributed by atoms with Gasteiger partial charge in [-0.3, -0.25) is 9.59 Å². The molecule has 0 saturated heterocycles. The number of halogens is 2. The second-order valence-corrected chi connectivity index (χ2v) is 8.32. The third kappa shape index (κ3) is 0.450. The molecule has 0 aromatic rings. The zero-order valence-corrected chi connectivity index (χ0v) is 10.9. The van der Waals surface area contributed by atoms with Crippen LogP contribution in [0.1, 0.15) is 6.42 Å². The molecule has 0 radical (unpaired) electrons. The van der Waals surface area contributed by atoms with E-state index < -0.39 is 8.65 Å². The molecule has 0 amide bonds. The highest BCUT2D eigenvalue weighted by atomic mass is 79.9. The van der Waals surface area contributed by atoms with Crippen LogP contribution in [0.4, 0.5) is 0 Å². The van der Waals surface area contributed by atoms with E-state index in [1.807, 2.05) is 0 Å². The molecule has 2 bridgehead atoms. The minimum Gasteiger partial charge on any atom is -0.298 e. The van der Waals surface area contributed by atoms with Crippen LogP contribution in [0.5, 0.6) is 0 Å². The fourth-order valence-electron chi connectivity index (χ4n) is 5.77. The van der Waals surface area contributed by atoms with Crippen LogP contribution in [0.2, 0.25) is 0 Å². The minimum absolute atomic E-state index is 0.0799. The molecule has 0 heterocycles. The van der Waals surface area contributed by atoms with Crippen molar-refractivity contribution >= 4 is 43.4 Å². The third-order valence-electron chi connectivity index (χ3n) is 5.93. The van der Waals surface area contributed by atoms with Crippen molar-refractivity contribution in [3.05, 3.63) is 0 Å². The molecule has 0 aliphatic heterocycles. The summed E-state index contributed by atoms with van der Waals surface area (Å²) < 4.78 is -1.03. The van der Waals surface area contributed by atoms with Crippen LogP contribution in [0, 0.1) is 35.5 Å². The summed E-state index contributed by atoms with van der Waals surface area (Å²) in [6.45, 7) is 0. The SMILES string of the molecule is O=C1[C@H]2[C@H]3C[C@H]4[C@@H]2C(=O)[C@]2(Br)[C@H]4[C@@H]3[C@@]12Br. The Labute approximate surface area is 103 Å². The van der Waals surface area contributed by atoms with Gasteiger partial charge in [0.05, 0.1) is 0 Å². The van der Waals surface area contributed by atoms with Crippen molar-refractivity contribution < 1.29 is 9.59 Å². The third-order valence-corrected chi connectivity index (χ3v) is 9.56. The van der Waals surface area contributed by atoms with Crippen LogP contribution < -0.4 is 0 Å². The van der Waals surface area contributed by atoms with Gasteiger partial charge in [-0.1, -0.05) is 31.9 Å². The number of ketones is 2. The number of rotatable bonds is 0. The molecule has 0 unspecified atom stereocenters. The van der Waals surface area contributed by atoms with Gasteiger partial charge in [-0.25, -0.2) is 0 Å².